The minimum absolute atomic E-state index is 0.0856. The van der Waals surface area contributed by atoms with Gasteiger partial charge in [-0.25, -0.2) is 4.98 Å². The molecule has 1 aromatic heterocycles. The number of benzene rings is 2. The standard InChI is InChI=1S/C18H20N2O3/c1-2-22-14-7-9-15(10-8-14)23-12-11-20-17-6-4-3-5-16(17)19-18(20)13-21/h3-10,21H,2,11-13H2,1H3. The van der Waals surface area contributed by atoms with E-state index in [-0.39, 0.29) is 6.61 Å². The van der Waals surface area contributed by atoms with Gasteiger partial charge in [0.15, 0.2) is 0 Å². The van der Waals surface area contributed by atoms with E-state index in [0.717, 1.165) is 22.5 Å². The summed E-state index contributed by atoms with van der Waals surface area (Å²) in [6.45, 7) is 3.65. The van der Waals surface area contributed by atoms with Crippen LogP contribution in [0, 0.1) is 0 Å². The van der Waals surface area contributed by atoms with Crippen LogP contribution in [0.5, 0.6) is 11.5 Å². The predicted octanol–water partition coefficient (Wildman–Crippen LogP) is 3.01. The first-order valence-electron chi connectivity index (χ1n) is 7.72. The Labute approximate surface area is 135 Å². The topological polar surface area (TPSA) is 56.5 Å². The van der Waals surface area contributed by atoms with E-state index in [0.29, 0.717) is 25.6 Å². The average Bonchev–Trinajstić information content (AvgIpc) is 2.95. The van der Waals surface area contributed by atoms with Gasteiger partial charge in [0.1, 0.15) is 30.5 Å². The van der Waals surface area contributed by atoms with E-state index in [2.05, 4.69) is 4.98 Å². The van der Waals surface area contributed by atoms with Crippen LogP contribution in [-0.2, 0) is 13.2 Å². The number of para-hydroxylation sites is 2. The summed E-state index contributed by atoms with van der Waals surface area (Å²) in [5.41, 5.74) is 1.89. The van der Waals surface area contributed by atoms with Gasteiger partial charge in [-0.15, -0.1) is 0 Å². The minimum atomic E-state index is -0.0856. The van der Waals surface area contributed by atoms with Crippen molar-refractivity contribution < 1.29 is 14.6 Å². The second-order valence-electron chi connectivity index (χ2n) is 5.08. The quantitative estimate of drug-likeness (QED) is 0.728. The third kappa shape index (κ3) is 3.46. The molecule has 0 bridgehead atoms. The fourth-order valence-corrected chi connectivity index (χ4v) is 2.55. The molecule has 0 radical (unpaired) electrons. The van der Waals surface area contributed by atoms with Crippen LogP contribution in [-0.4, -0.2) is 27.9 Å². The van der Waals surface area contributed by atoms with E-state index >= 15 is 0 Å². The predicted molar refractivity (Wildman–Crippen MR) is 88.8 cm³/mol. The number of nitrogens with zero attached hydrogens (tertiary/aromatic N) is 2. The Bertz CT molecular complexity index is 766. The highest BCUT2D eigenvalue weighted by atomic mass is 16.5. The van der Waals surface area contributed by atoms with Crippen molar-refractivity contribution in [3.05, 3.63) is 54.4 Å². The number of aromatic nitrogens is 2. The third-order valence-electron chi connectivity index (χ3n) is 3.59. The van der Waals surface area contributed by atoms with Crippen LogP contribution in [0.4, 0.5) is 0 Å². The normalized spacial score (nSPS) is 10.9. The van der Waals surface area contributed by atoms with Gasteiger partial charge in [-0.05, 0) is 43.3 Å². The Balaban J connectivity index is 1.66. The fraction of sp³-hybridized carbons (Fsp3) is 0.278. The van der Waals surface area contributed by atoms with Crippen LogP contribution in [0.25, 0.3) is 11.0 Å². The molecule has 1 heterocycles. The van der Waals surface area contributed by atoms with Gasteiger partial charge < -0.3 is 19.1 Å². The Hall–Kier alpha value is -2.53. The maximum Gasteiger partial charge on any atom is 0.135 e. The fourth-order valence-electron chi connectivity index (χ4n) is 2.55. The van der Waals surface area contributed by atoms with Crippen molar-refractivity contribution in [2.24, 2.45) is 0 Å². The maximum atomic E-state index is 9.48. The van der Waals surface area contributed by atoms with Gasteiger partial charge in [-0.3, -0.25) is 0 Å². The molecule has 0 amide bonds. The molecule has 0 atom stereocenters. The van der Waals surface area contributed by atoms with Crippen LogP contribution in [0.1, 0.15) is 12.7 Å². The molecule has 0 saturated heterocycles. The summed E-state index contributed by atoms with van der Waals surface area (Å²) in [6, 6.07) is 15.4. The van der Waals surface area contributed by atoms with Gasteiger partial charge >= 0.3 is 0 Å². The Kier molecular flexibility index (Phi) is 4.78. The first-order valence-corrected chi connectivity index (χ1v) is 7.72. The molecule has 0 aliphatic carbocycles. The third-order valence-corrected chi connectivity index (χ3v) is 3.59. The molecular weight excluding hydrogens is 292 g/mol. The van der Waals surface area contributed by atoms with Crippen molar-refractivity contribution in [2.45, 2.75) is 20.1 Å². The minimum Gasteiger partial charge on any atom is -0.494 e. The highest BCUT2D eigenvalue weighted by Crippen LogP contribution is 2.19. The van der Waals surface area contributed by atoms with Gasteiger partial charge in [0.05, 0.1) is 24.2 Å². The first kappa shape index (κ1) is 15.4. The van der Waals surface area contributed by atoms with Crippen molar-refractivity contribution in [1.82, 2.24) is 9.55 Å². The number of aliphatic hydroxyl groups is 1. The lowest BCUT2D eigenvalue weighted by Crippen LogP contribution is -2.11. The largest absolute Gasteiger partial charge is 0.494 e. The smallest absolute Gasteiger partial charge is 0.135 e. The lowest BCUT2D eigenvalue weighted by atomic mass is 10.3. The molecule has 3 rings (SSSR count). The SMILES string of the molecule is CCOc1ccc(OCCn2c(CO)nc3ccccc32)cc1. The average molecular weight is 312 g/mol. The first-order chi connectivity index (χ1) is 11.3. The molecule has 0 aliphatic heterocycles. The van der Waals surface area contributed by atoms with Crippen molar-refractivity contribution in [3.63, 3.8) is 0 Å². The van der Waals surface area contributed by atoms with Gasteiger partial charge in [0.2, 0.25) is 0 Å². The monoisotopic (exact) mass is 312 g/mol. The molecule has 23 heavy (non-hydrogen) atoms. The van der Waals surface area contributed by atoms with Crippen molar-refractivity contribution in [2.75, 3.05) is 13.2 Å². The summed E-state index contributed by atoms with van der Waals surface area (Å²) in [5.74, 6) is 2.29. The van der Waals surface area contributed by atoms with E-state index in [9.17, 15) is 5.11 Å². The highest BCUT2D eigenvalue weighted by Gasteiger charge is 2.09. The Morgan fingerprint density at radius 2 is 1.70 bits per heavy atom. The lowest BCUT2D eigenvalue weighted by Gasteiger charge is -2.10. The zero-order valence-corrected chi connectivity index (χ0v) is 13.1. The number of fused-ring (bicyclic) bond motifs is 1. The molecule has 3 aromatic rings. The number of aliphatic hydroxyl groups excluding tert-OH is 1. The molecule has 0 fully saturated rings. The summed E-state index contributed by atoms with van der Waals surface area (Å²) >= 11 is 0. The summed E-state index contributed by atoms with van der Waals surface area (Å²) in [4.78, 5) is 4.43. The van der Waals surface area contributed by atoms with E-state index < -0.39 is 0 Å². The maximum absolute atomic E-state index is 9.48. The molecule has 120 valence electrons. The summed E-state index contributed by atoms with van der Waals surface area (Å²) in [7, 11) is 0. The molecule has 5 nitrogen and oxygen atoms in total. The second-order valence-corrected chi connectivity index (χ2v) is 5.08. The lowest BCUT2D eigenvalue weighted by molar-refractivity contribution is 0.255. The number of imidazole rings is 1. The zero-order chi connectivity index (χ0) is 16.1. The number of hydrogen-bond donors (Lipinski definition) is 1. The number of ether oxygens (including phenoxy) is 2. The molecule has 1 N–H and O–H groups in total. The van der Waals surface area contributed by atoms with Gasteiger partial charge in [-0.1, -0.05) is 12.1 Å². The summed E-state index contributed by atoms with van der Waals surface area (Å²) in [6.07, 6.45) is 0. The molecule has 0 unspecified atom stereocenters. The second kappa shape index (κ2) is 7.15. The molecule has 0 aliphatic rings. The van der Waals surface area contributed by atoms with Gasteiger partial charge in [-0.2, -0.15) is 0 Å². The van der Waals surface area contributed by atoms with E-state index in [4.69, 9.17) is 9.47 Å². The number of rotatable bonds is 7. The molecule has 2 aromatic carbocycles. The summed E-state index contributed by atoms with van der Waals surface area (Å²) in [5, 5.41) is 9.48. The molecular formula is C18H20N2O3. The molecule has 0 spiro atoms. The van der Waals surface area contributed by atoms with Crippen molar-refractivity contribution >= 4 is 11.0 Å². The van der Waals surface area contributed by atoms with Crippen molar-refractivity contribution in [3.8, 4) is 11.5 Å². The van der Waals surface area contributed by atoms with E-state index in [1.807, 2.05) is 60.0 Å². The molecule has 5 heteroatoms. The molecule has 0 saturated carbocycles. The van der Waals surface area contributed by atoms with Crippen LogP contribution in [0.2, 0.25) is 0 Å². The number of hydrogen-bond acceptors (Lipinski definition) is 4. The van der Waals surface area contributed by atoms with Crippen LogP contribution < -0.4 is 9.47 Å². The zero-order valence-electron chi connectivity index (χ0n) is 13.1. The van der Waals surface area contributed by atoms with Crippen molar-refractivity contribution in [1.29, 1.82) is 0 Å². The van der Waals surface area contributed by atoms with E-state index in [1.54, 1.807) is 0 Å². The van der Waals surface area contributed by atoms with Gasteiger partial charge in [0.25, 0.3) is 0 Å². The van der Waals surface area contributed by atoms with E-state index in [1.165, 1.54) is 0 Å². The Morgan fingerprint density at radius 1 is 1.00 bits per heavy atom. The van der Waals surface area contributed by atoms with Gasteiger partial charge in [0, 0.05) is 0 Å². The highest BCUT2D eigenvalue weighted by molar-refractivity contribution is 5.75. The summed E-state index contributed by atoms with van der Waals surface area (Å²) < 4.78 is 13.2. The Morgan fingerprint density at radius 3 is 2.39 bits per heavy atom. The van der Waals surface area contributed by atoms with Crippen LogP contribution in [0.3, 0.4) is 0 Å². The van der Waals surface area contributed by atoms with Crippen LogP contribution in [0.15, 0.2) is 48.5 Å². The van der Waals surface area contributed by atoms with Crippen LogP contribution >= 0.6 is 0 Å².